The van der Waals surface area contributed by atoms with Gasteiger partial charge in [0, 0.05) is 32.6 Å². The number of Topliss-reactive ketones (excluding diaryl/α,β-unsaturated/α-hetero) is 1. The van der Waals surface area contributed by atoms with E-state index in [0.717, 1.165) is 4.31 Å². The summed E-state index contributed by atoms with van der Waals surface area (Å²) < 4.78 is 85.2. The first-order chi connectivity index (χ1) is 14.6. The fraction of sp³-hybridized carbons (Fsp3) is 0.650. The molecule has 1 aromatic carbocycles. The molecule has 174 valence electrons. The number of carbonyl (C=O) groups is 1. The number of hydrogen-bond donors (Lipinski definition) is 0. The van der Waals surface area contributed by atoms with E-state index in [4.69, 9.17) is 4.74 Å². The maximum atomic E-state index is 13.0. The van der Waals surface area contributed by atoms with Crippen LogP contribution in [-0.4, -0.2) is 67.9 Å². The molecule has 2 saturated heterocycles. The molecule has 0 saturated carbocycles. The van der Waals surface area contributed by atoms with E-state index in [1.165, 1.54) is 28.6 Å². The molecule has 3 rings (SSSR count). The summed E-state index contributed by atoms with van der Waals surface area (Å²) in [4.78, 5) is 12.1. The molecule has 2 aliphatic rings. The predicted octanol–water partition coefficient (Wildman–Crippen LogP) is 2.94. The second-order valence-corrected chi connectivity index (χ2v) is 9.93. The maximum Gasteiger partial charge on any atom is 0.393 e. The highest BCUT2D eigenvalue weighted by Crippen LogP contribution is 2.34. The number of ether oxygens (including phenoxy) is 1. The molecule has 1 aromatic rings. The van der Waals surface area contributed by atoms with Crippen LogP contribution in [0, 0.1) is 11.7 Å². The molecule has 0 N–H and O–H groups in total. The van der Waals surface area contributed by atoms with Gasteiger partial charge < -0.3 is 4.74 Å². The third-order valence-electron chi connectivity index (χ3n) is 5.70. The molecule has 6 nitrogen and oxygen atoms in total. The predicted molar refractivity (Wildman–Crippen MR) is 105 cm³/mol. The van der Waals surface area contributed by atoms with Gasteiger partial charge in [-0.1, -0.05) is 12.1 Å². The lowest BCUT2D eigenvalue weighted by molar-refractivity contribution is -0.182. The summed E-state index contributed by atoms with van der Waals surface area (Å²) in [5.41, 5.74) is 0.676. The fourth-order valence-corrected chi connectivity index (χ4v) is 5.63. The minimum Gasteiger partial charge on any atom is -0.370 e. The molecule has 0 bridgehead atoms. The number of nitrogens with zero attached hydrogens (tertiary/aromatic N) is 2. The second kappa shape index (κ2) is 9.93. The molecular formula is C20H26F4N2O4S. The van der Waals surface area contributed by atoms with Gasteiger partial charge in [-0.3, -0.25) is 4.79 Å². The van der Waals surface area contributed by atoms with Gasteiger partial charge in [-0.25, -0.2) is 4.39 Å². The first-order valence-corrected chi connectivity index (χ1v) is 11.6. The van der Waals surface area contributed by atoms with Crippen LogP contribution in [0.1, 0.15) is 31.2 Å². The first-order valence-electron chi connectivity index (χ1n) is 10.3. The summed E-state index contributed by atoms with van der Waals surface area (Å²) in [5.74, 6) is -2.19. The summed E-state index contributed by atoms with van der Waals surface area (Å²) in [6.07, 6.45) is -3.75. The minimum absolute atomic E-state index is 0.0582. The quantitative estimate of drug-likeness (QED) is 0.580. The fourth-order valence-electron chi connectivity index (χ4n) is 3.90. The van der Waals surface area contributed by atoms with Crippen LogP contribution in [0.2, 0.25) is 0 Å². The van der Waals surface area contributed by atoms with E-state index in [-0.39, 0.29) is 63.2 Å². The SMILES string of the molecule is O=C(COC1CCN(S(=O)(=O)N2CCCC(C(F)(F)F)C2)CC1)Cc1ccc(F)cc1. The Balaban J connectivity index is 1.45. The van der Waals surface area contributed by atoms with Crippen LogP contribution in [0.3, 0.4) is 0 Å². The highest BCUT2D eigenvalue weighted by atomic mass is 32.2. The van der Waals surface area contributed by atoms with Crippen molar-refractivity contribution in [3.63, 3.8) is 0 Å². The summed E-state index contributed by atoms with van der Waals surface area (Å²) in [6, 6.07) is 5.61. The number of benzene rings is 1. The van der Waals surface area contributed by atoms with E-state index in [9.17, 15) is 30.8 Å². The van der Waals surface area contributed by atoms with Gasteiger partial charge >= 0.3 is 6.18 Å². The number of rotatable bonds is 7. The average molecular weight is 466 g/mol. The van der Waals surface area contributed by atoms with Crippen molar-refractivity contribution in [2.45, 2.75) is 44.4 Å². The van der Waals surface area contributed by atoms with Crippen LogP contribution in [0.15, 0.2) is 24.3 Å². The first kappa shape index (κ1) is 24.1. The van der Waals surface area contributed by atoms with Gasteiger partial charge in [0.1, 0.15) is 12.4 Å². The largest absolute Gasteiger partial charge is 0.393 e. The van der Waals surface area contributed by atoms with Gasteiger partial charge in [0.2, 0.25) is 0 Å². The minimum atomic E-state index is -4.41. The van der Waals surface area contributed by atoms with Crippen molar-refractivity contribution in [1.29, 1.82) is 0 Å². The van der Waals surface area contributed by atoms with E-state index in [1.54, 1.807) is 0 Å². The Morgan fingerprint density at radius 1 is 1.03 bits per heavy atom. The van der Waals surface area contributed by atoms with Gasteiger partial charge in [0.25, 0.3) is 10.2 Å². The smallest absolute Gasteiger partial charge is 0.370 e. The summed E-state index contributed by atoms with van der Waals surface area (Å²) in [7, 11) is -3.96. The number of carbonyl (C=O) groups excluding carboxylic acids is 1. The van der Waals surface area contributed by atoms with E-state index in [1.807, 2.05) is 0 Å². The van der Waals surface area contributed by atoms with E-state index in [0.29, 0.717) is 18.4 Å². The molecule has 2 aliphatic heterocycles. The van der Waals surface area contributed by atoms with Crippen LogP contribution >= 0.6 is 0 Å². The van der Waals surface area contributed by atoms with Crippen LogP contribution in [0.5, 0.6) is 0 Å². The molecule has 31 heavy (non-hydrogen) atoms. The van der Waals surface area contributed by atoms with Crippen molar-refractivity contribution < 1.29 is 35.5 Å². The number of piperidine rings is 2. The molecule has 2 fully saturated rings. The molecule has 0 aromatic heterocycles. The monoisotopic (exact) mass is 466 g/mol. The Morgan fingerprint density at radius 2 is 1.68 bits per heavy atom. The number of ketones is 1. The van der Waals surface area contributed by atoms with Gasteiger partial charge in [-0.2, -0.15) is 30.2 Å². The van der Waals surface area contributed by atoms with Crippen molar-refractivity contribution in [1.82, 2.24) is 8.61 Å². The lowest BCUT2D eigenvalue weighted by Gasteiger charge is -2.38. The van der Waals surface area contributed by atoms with Crippen LogP contribution in [0.25, 0.3) is 0 Å². The number of hydrogen-bond acceptors (Lipinski definition) is 4. The second-order valence-electron chi connectivity index (χ2n) is 8.00. The number of alkyl halides is 3. The van der Waals surface area contributed by atoms with Crippen LogP contribution in [-0.2, 0) is 26.2 Å². The molecule has 0 aliphatic carbocycles. The van der Waals surface area contributed by atoms with Gasteiger partial charge in [-0.15, -0.1) is 0 Å². The average Bonchev–Trinajstić information content (AvgIpc) is 2.74. The Hall–Kier alpha value is -1.56. The Bertz CT molecular complexity index is 853. The standard InChI is InChI=1S/C20H26F4N2O4S/c21-17-5-3-15(4-6-17)12-18(27)14-30-19-7-10-25(11-8-19)31(28,29)26-9-1-2-16(13-26)20(22,23)24/h3-6,16,19H,1-2,7-14H2. The Morgan fingerprint density at radius 3 is 2.29 bits per heavy atom. The zero-order valence-corrected chi connectivity index (χ0v) is 17.8. The Labute approximate surface area is 179 Å². The highest BCUT2D eigenvalue weighted by Gasteiger charge is 2.45. The van der Waals surface area contributed by atoms with Crippen molar-refractivity contribution in [2.75, 3.05) is 32.8 Å². The van der Waals surface area contributed by atoms with Crippen molar-refractivity contribution in [2.24, 2.45) is 5.92 Å². The lowest BCUT2D eigenvalue weighted by Crippen LogP contribution is -2.52. The van der Waals surface area contributed by atoms with Crippen molar-refractivity contribution >= 4 is 16.0 Å². The molecule has 1 unspecified atom stereocenters. The van der Waals surface area contributed by atoms with Crippen LogP contribution < -0.4 is 0 Å². The Kier molecular flexibility index (Phi) is 7.72. The summed E-state index contributed by atoms with van der Waals surface area (Å²) in [6.45, 7) is -0.323. The molecule has 0 spiro atoms. The molecule has 11 heteroatoms. The topological polar surface area (TPSA) is 66.9 Å². The zero-order chi connectivity index (χ0) is 22.6. The lowest BCUT2D eigenvalue weighted by atomic mass is 9.99. The molecular weight excluding hydrogens is 440 g/mol. The third-order valence-corrected chi connectivity index (χ3v) is 7.70. The summed E-state index contributed by atoms with van der Waals surface area (Å²) >= 11 is 0. The highest BCUT2D eigenvalue weighted by molar-refractivity contribution is 7.86. The summed E-state index contributed by atoms with van der Waals surface area (Å²) in [5, 5.41) is 0. The van der Waals surface area contributed by atoms with Crippen molar-refractivity contribution in [3.8, 4) is 0 Å². The number of halogens is 4. The van der Waals surface area contributed by atoms with Gasteiger partial charge in [-0.05, 0) is 43.4 Å². The van der Waals surface area contributed by atoms with Crippen LogP contribution in [0.4, 0.5) is 17.6 Å². The zero-order valence-electron chi connectivity index (χ0n) is 17.0. The van der Waals surface area contributed by atoms with Gasteiger partial charge in [0.05, 0.1) is 12.0 Å². The molecule has 1 atom stereocenters. The maximum absolute atomic E-state index is 13.0. The van der Waals surface area contributed by atoms with Crippen molar-refractivity contribution in [3.05, 3.63) is 35.6 Å². The van der Waals surface area contributed by atoms with E-state index >= 15 is 0 Å². The third kappa shape index (κ3) is 6.47. The molecule has 0 radical (unpaired) electrons. The van der Waals surface area contributed by atoms with Gasteiger partial charge in [0.15, 0.2) is 5.78 Å². The normalized spacial score (nSPS) is 22.5. The molecule has 0 amide bonds. The van der Waals surface area contributed by atoms with E-state index < -0.39 is 28.8 Å². The molecule has 2 heterocycles. The van der Waals surface area contributed by atoms with E-state index in [2.05, 4.69) is 0 Å².